The van der Waals surface area contributed by atoms with E-state index in [1.54, 1.807) is 26.8 Å². The molecule has 1 atom stereocenters. The van der Waals surface area contributed by atoms with Gasteiger partial charge in [-0.15, -0.1) is 0 Å². The van der Waals surface area contributed by atoms with Crippen LogP contribution in [-0.4, -0.2) is 47.5 Å². The van der Waals surface area contributed by atoms with Crippen LogP contribution in [0.3, 0.4) is 0 Å². The second-order valence-electron chi connectivity index (χ2n) is 10.9. The first-order chi connectivity index (χ1) is 18.4. The summed E-state index contributed by atoms with van der Waals surface area (Å²) in [6, 6.07) is 7.79. The molecule has 2 heterocycles. The summed E-state index contributed by atoms with van der Waals surface area (Å²) in [7, 11) is 0. The lowest BCUT2D eigenvalue weighted by atomic mass is 9.83. The molecule has 0 radical (unpaired) electrons. The standard InChI is InChI=1S/C30H41F3N2O4/c1-6-8-15-29(5,30(31,32)33)16-9-10-26-20-24(34-39-26)21-35-17-13-22-11-12-25(19-23(22)14-18-35)38-28(3,4)27(36)37-7-2/h8,11-12,15,19-20H,6-7,9-10,13-14,16-18,21H2,1-5H3/b15-8-/t29-/m1/s1. The van der Waals surface area contributed by atoms with E-state index >= 15 is 0 Å². The molecule has 2 aromatic rings. The summed E-state index contributed by atoms with van der Waals surface area (Å²) in [5.41, 5.74) is 0.278. The van der Waals surface area contributed by atoms with Crippen molar-refractivity contribution < 1.29 is 32.0 Å². The van der Waals surface area contributed by atoms with Crippen LogP contribution in [0.25, 0.3) is 0 Å². The zero-order valence-corrected chi connectivity index (χ0v) is 23.7. The van der Waals surface area contributed by atoms with E-state index in [2.05, 4.69) is 10.1 Å². The van der Waals surface area contributed by atoms with Gasteiger partial charge >= 0.3 is 12.1 Å². The Bertz CT molecular complexity index is 1130. The number of hydrogen-bond donors (Lipinski definition) is 0. The van der Waals surface area contributed by atoms with E-state index in [4.69, 9.17) is 14.0 Å². The van der Waals surface area contributed by atoms with E-state index in [0.29, 0.717) is 43.9 Å². The predicted octanol–water partition coefficient (Wildman–Crippen LogP) is 6.85. The van der Waals surface area contributed by atoms with Crippen molar-refractivity contribution in [1.29, 1.82) is 0 Å². The number of allylic oxidation sites excluding steroid dienone is 2. The van der Waals surface area contributed by atoms with Crippen molar-refractivity contribution in [2.75, 3.05) is 19.7 Å². The van der Waals surface area contributed by atoms with Crippen LogP contribution in [0.5, 0.6) is 5.75 Å². The average Bonchev–Trinajstić information content (AvgIpc) is 3.21. The molecule has 0 bridgehead atoms. The molecule has 1 aliphatic rings. The molecule has 1 aliphatic heterocycles. The second kappa shape index (κ2) is 13.0. The fourth-order valence-corrected chi connectivity index (χ4v) is 4.72. The van der Waals surface area contributed by atoms with E-state index in [1.165, 1.54) is 24.1 Å². The van der Waals surface area contributed by atoms with Crippen molar-refractivity contribution in [2.24, 2.45) is 5.41 Å². The van der Waals surface area contributed by atoms with Gasteiger partial charge in [0.2, 0.25) is 0 Å². The maximum atomic E-state index is 13.6. The number of alkyl halides is 3. The van der Waals surface area contributed by atoms with Gasteiger partial charge in [-0.05, 0) is 83.1 Å². The lowest BCUT2D eigenvalue weighted by Gasteiger charge is -2.29. The maximum absolute atomic E-state index is 13.6. The van der Waals surface area contributed by atoms with Crippen LogP contribution in [-0.2, 0) is 35.3 Å². The number of aromatic nitrogens is 1. The third-order valence-electron chi connectivity index (χ3n) is 7.19. The highest BCUT2D eigenvalue weighted by atomic mass is 19.4. The first-order valence-electron chi connectivity index (χ1n) is 13.8. The molecule has 0 amide bonds. The number of rotatable bonds is 12. The summed E-state index contributed by atoms with van der Waals surface area (Å²) < 4.78 is 57.3. The van der Waals surface area contributed by atoms with Gasteiger partial charge in [0.1, 0.15) is 11.5 Å². The molecule has 216 valence electrons. The molecule has 0 aliphatic carbocycles. The predicted molar refractivity (Wildman–Crippen MR) is 144 cm³/mol. The molecule has 3 rings (SSSR count). The monoisotopic (exact) mass is 550 g/mol. The second-order valence-corrected chi connectivity index (χ2v) is 10.9. The molecular weight excluding hydrogens is 509 g/mol. The molecule has 1 aromatic carbocycles. The fourth-order valence-electron chi connectivity index (χ4n) is 4.72. The summed E-state index contributed by atoms with van der Waals surface area (Å²) in [6.07, 6.45) is 1.59. The van der Waals surface area contributed by atoms with Gasteiger partial charge in [0, 0.05) is 32.1 Å². The lowest BCUT2D eigenvalue weighted by Crippen LogP contribution is -2.39. The van der Waals surface area contributed by atoms with Crippen LogP contribution in [0, 0.1) is 5.41 Å². The Hall–Kier alpha value is -2.81. The zero-order valence-electron chi connectivity index (χ0n) is 23.7. The normalized spacial score (nSPS) is 16.5. The molecule has 9 heteroatoms. The van der Waals surface area contributed by atoms with E-state index in [0.717, 1.165) is 31.6 Å². The largest absolute Gasteiger partial charge is 0.476 e. The topological polar surface area (TPSA) is 64.8 Å². The SMILES string of the molecule is CC/C=C\[C@](C)(CCCc1cc(CN2CCc3ccc(OC(C)(C)C(=O)OCC)cc3CC2)no1)C(F)(F)F. The van der Waals surface area contributed by atoms with E-state index < -0.39 is 23.2 Å². The first-order valence-corrected chi connectivity index (χ1v) is 13.8. The van der Waals surface area contributed by atoms with Gasteiger partial charge in [0.05, 0.1) is 17.7 Å². The van der Waals surface area contributed by atoms with E-state index in [1.807, 2.05) is 31.2 Å². The van der Waals surface area contributed by atoms with Crippen LogP contribution in [0.15, 0.2) is 40.9 Å². The molecule has 0 fully saturated rings. The number of nitrogens with zero attached hydrogens (tertiary/aromatic N) is 2. The summed E-state index contributed by atoms with van der Waals surface area (Å²) >= 11 is 0. The molecule has 0 unspecified atom stereocenters. The van der Waals surface area contributed by atoms with Crippen molar-refractivity contribution in [3.05, 3.63) is 59.0 Å². The van der Waals surface area contributed by atoms with Gasteiger partial charge in [0.25, 0.3) is 0 Å². The van der Waals surface area contributed by atoms with Crippen molar-refractivity contribution in [2.45, 2.75) is 91.5 Å². The van der Waals surface area contributed by atoms with Crippen molar-refractivity contribution in [1.82, 2.24) is 10.1 Å². The van der Waals surface area contributed by atoms with E-state index in [9.17, 15) is 18.0 Å². The Morgan fingerprint density at radius 1 is 1.10 bits per heavy atom. The molecule has 1 aromatic heterocycles. The minimum atomic E-state index is -4.29. The van der Waals surface area contributed by atoms with Gasteiger partial charge in [-0.3, -0.25) is 4.90 Å². The average molecular weight is 551 g/mol. The minimum Gasteiger partial charge on any atom is -0.476 e. The van der Waals surface area contributed by atoms with Gasteiger partial charge in [-0.2, -0.15) is 13.2 Å². The molecule has 0 saturated carbocycles. The molecular formula is C30H41F3N2O4. The van der Waals surface area contributed by atoms with Gasteiger partial charge < -0.3 is 14.0 Å². The Kier molecular flexibility index (Phi) is 10.3. The number of carbonyl (C=O) groups excluding carboxylic acids is 1. The number of benzene rings is 1. The highest BCUT2D eigenvalue weighted by molar-refractivity contribution is 5.79. The van der Waals surface area contributed by atoms with Crippen LogP contribution in [0.4, 0.5) is 13.2 Å². The molecule has 0 saturated heterocycles. The van der Waals surface area contributed by atoms with Crippen LogP contribution in [0.2, 0.25) is 0 Å². The molecule has 39 heavy (non-hydrogen) atoms. The molecule has 0 N–H and O–H groups in total. The van der Waals surface area contributed by atoms with Crippen molar-refractivity contribution in [3.8, 4) is 5.75 Å². The number of esters is 1. The Labute approximate surface area is 229 Å². The summed E-state index contributed by atoms with van der Waals surface area (Å²) in [4.78, 5) is 14.5. The van der Waals surface area contributed by atoms with Gasteiger partial charge in [0.15, 0.2) is 5.60 Å². The number of fused-ring (bicyclic) bond motifs is 1. The van der Waals surface area contributed by atoms with Crippen molar-refractivity contribution in [3.63, 3.8) is 0 Å². The first kappa shape index (κ1) is 30.7. The molecule has 0 spiro atoms. The third kappa shape index (κ3) is 8.34. The Morgan fingerprint density at radius 3 is 2.49 bits per heavy atom. The number of carbonyl (C=O) groups is 1. The number of aryl methyl sites for hydroxylation is 1. The number of hydrogen-bond acceptors (Lipinski definition) is 6. The Balaban J connectivity index is 1.54. The van der Waals surface area contributed by atoms with Crippen LogP contribution < -0.4 is 4.74 Å². The quantitative estimate of drug-likeness (QED) is 0.213. The van der Waals surface area contributed by atoms with E-state index in [-0.39, 0.29) is 6.42 Å². The van der Waals surface area contributed by atoms with Gasteiger partial charge in [-0.1, -0.05) is 30.3 Å². The maximum Gasteiger partial charge on any atom is 0.397 e. The van der Waals surface area contributed by atoms with Gasteiger partial charge in [-0.25, -0.2) is 4.79 Å². The Morgan fingerprint density at radius 2 is 1.82 bits per heavy atom. The third-order valence-corrected chi connectivity index (χ3v) is 7.19. The summed E-state index contributed by atoms with van der Waals surface area (Å²) in [5, 5.41) is 4.17. The smallest absolute Gasteiger partial charge is 0.397 e. The number of ether oxygens (including phenoxy) is 2. The summed E-state index contributed by atoms with van der Waals surface area (Å²) in [5.74, 6) is 0.840. The lowest BCUT2D eigenvalue weighted by molar-refractivity contribution is -0.202. The highest BCUT2D eigenvalue weighted by Crippen LogP contribution is 2.43. The minimum absolute atomic E-state index is 0.00388. The summed E-state index contributed by atoms with van der Waals surface area (Å²) in [6.45, 7) is 10.8. The highest BCUT2D eigenvalue weighted by Gasteiger charge is 2.48. The zero-order chi connectivity index (χ0) is 28.7. The van der Waals surface area contributed by atoms with Crippen molar-refractivity contribution >= 4 is 5.97 Å². The van der Waals surface area contributed by atoms with Crippen LogP contribution in [0.1, 0.15) is 76.5 Å². The van der Waals surface area contributed by atoms with Crippen LogP contribution >= 0.6 is 0 Å². The molecule has 6 nitrogen and oxygen atoms in total. The number of halogens is 3. The fraction of sp³-hybridized carbons (Fsp3) is 0.600.